The van der Waals surface area contributed by atoms with Crippen LogP contribution in [-0.4, -0.2) is 89.1 Å². The molecule has 0 unspecified atom stereocenters. The molecule has 1 saturated heterocycles. The number of Topliss-reactive ketones (excluding diaryl/α,β-unsaturated/α-hetero) is 1. The Morgan fingerprint density at radius 1 is 1.05 bits per heavy atom. The van der Waals surface area contributed by atoms with Crippen molar-refractivity contribution >= 4 is 42.3 Å². The highest BCUT2D eigenvalue weighted by atomic mass is 35.5. The number of ether oxygens (including phenoxy) is 1. The van der Waals surface area contributed by atoms with E-state index in [0.29, 0.717) is 31.2 Å². The zero-order chi connectivity index (χ0) is 29.9. The van der Waals surface area contributed by atoms with E-state index in [4.69, 9.17) is 4.74 Å². The molecule has 6 rings (SSSR count). The van der Waals surface area contributed by atoms with Gasteiger partial charge < -0.3 is 19.8 Å². The van der Waals surface area contributed by atoms with Crippen LogP contribution in [0.3, 0.4) is 0 Å². The summed E-state index contributed by atoms with van der Waals surface area (Å²) in [4.78, 5) is 43.5. The van der Waals surface area contributed by atoms with Gasteiger partial charge in [0.25, 0.3) is 0 Å². The van der Waals surface area contributed by atoms with Gasteiger partial charge in [-0.25, -0.2) is 4.79 Å². The molecule has 4 aliphatic carbocycles. The molecule has 8 nitrogen and oxygen atoms in total. The SMILES string of the molecule is CN1CCN(Cc2cccc(C(=O)OCC(=O)[C@@]3(O)CC[C@H]4[C@@H]5CCC6=CC(=O)CC[C@]6(C)[C@H]5[C@@H](O)C[C@@]43C)c2)CC1.Cl.Cl. The topological polar surface area (TPSA) is 107 Å². The third-order valence-electron chi connectivity index (χ3n) is 12.0. The van der Waals surface area contributed by atoms with Crippen molar-refractivity contribution in [2.24, 2.45) is 28.6 Å². The molecule has 5 aliphatic rings. The number of likely N-dealkylation sites (N-methyl/N-ethyl adjacent to an activating group) is 1. The standard InChI is InChI=1S/C34H46N2O6.2ClH/c1-32-11-9-25(37)18-24(32)7-8-26-27-10-12-34(41,33(27,2)19-28(38)30(26)32)29(39)21-42-31(40)23-6-4-5-22(17-23)20-36-15-13-35(3)14-16-36;;/h4-6,17-18,26-28,30,38,41H,7-16,19-21H2,1-3H3;2*1H/t26-,27-,28-,30+,32-,33-,34-;;/m0../s1. The fourth-order valence-corrected chi connectivity index (χ4v) is 9.54. The quantitative estimate of drug-likeness (QED) is 0.441. The number of rotatable bonds is 6. The Hall–Kier alpha value is -1.81. The number of nitrogens with zero attached hydrogens (tertiary/aromatic N) is 2. The first kappa shape index (κ1) is 35.1. The molecule has 1 aromatic carbocycles. The molecule has 0 radical (unpaired) electrons. The number of hydrogen-bond acceptors (Lipinski definition) is 8. The summed E-state index contributed by atoms with van der Waals surface area (Å²) < 4.78 is 5.51. The molecule has 0 amide bonds. The summed E-state index contributed by atoms with van der Waals surface area (Å²) in [5.41, 5.74) is -0.104. The van der Waals surface area contributed by atoms with Crippen LogP contribution in [0.2, 0.25) is 0 Å². The molecule has 1 aliphatic heterocycles. The van der Waals surface area contributed by atoms with Gasteiger partial charge in [0.2, 0.25) is 5.78 Å². The smallest absolute Gasteiger partial charge is 0.338 e. The lowest BCUT2D eigenvalue weighted by Crippen LogP contribution is -2.62. The number of benzene rings is 1. The largest absolute Gasteiger partial charge is 0.454 e. The van der Waals surface area contributed by atoms with E-state index >= 15 is 0 Å². The Morgan fingerprint density at radius 3 is 2.50 bits per heavy atom. The van der Waals surface area contributed by atoms with Crippen molar-refractivity contribution in [3.8, 4) is 0 Å². The van der Waals surface area contributed by atoms with Crippen molar-refractivity contribution in [3.63, 3.8) is 0 Å². The maximum atomic E-state index is 13.6. The summed E-state index contributed by atoms with van der Waals surface area (Å²) in [6.45, 7) is 8.40. The molecule has 10 heteroatoms. The first-order valence-corrected chi connectivity index (χ1v) is 15.8. The van der Waals surface area contributed by atoms with Gasteiger partial charge in [0.15, 0.2) is 12.4 Å². The summed E-state index contributed by atoms with van der Waals surface area (Å²) in [6.07, 6.45) is 5.37. The van der Waals surface area contributed by atoms with E-state index in [1.165, 1.54) is 0 Å². The van der Waals surface area contributed by atoms with Crippen molar-refractivity contribution in [2.45, 2.75) is 77.0 Å². The van der Waals surface area contributed by atoms with Crippen molar-refractivity contribution < 1.29 is 29.3 Å². The van der Waals surface area contributed by atoms with Gasteiger partial charge in [0, 0.05) is 44.6 Å². The van der Waals surface area contributed by atoms with Crippen LogP contribution in [-0.2, 0) is 20.9 Å². The highest BCUT2D eigenvalue weighted by molar-refractivity contribution is 5.95. The van der Waals surface area contributed by atoms with Gasteiger partial charge in [-0.15, -0.1) is 24.8 Å². The Morgan fingerprint density at radius 2 is 1.77 bits per heavy atom. The highest BCUT2D eigenvalue weighted by Crippen LogP contribution is 2.67. The number of allylic oxidation sites excluding steroid dienone is 1. The zero-order valence-corrected chi connectivity index (χ0v) is 27.8. The van der Waals surface area contributed by atoms with Crippen LogP contribution >= 0.6 is 24.8 Å². The molecule has 0 spiro atoms. The van der Waals surface area contributed by atoms with Crippen LogP contribution in [0.15, 0.2) is 35.9 Å². The molecule has 1 aromatic rings. The monoisotopic (exact) mass is 650 g/mol. The van der Waals surface area contributed by atoms with Crippen LogP contribution < -0.4 is 0 Å². The first-order valence-electron chi connectivity index (χ1n) is 15.8. The Labute approximate surface area is 273 Å². The average Bonchev–Trinajstić information content (AvgIpc) is 3.23. The minimum Gasteiger partial charge on any atom is -0.454 e. The summed E-state index contributed by atoms with van der Waals surface area (Å²) in [5, 5.41) is 23.6. The van der Waals surface area contributed by atoms with Gasteiger partial charge in [-0.05, 0) is 92.5 Å². The lowest BCUT2D eigenvalue weighted by molar-refractivity contribution is -0.182. The number of ketones is 2. The zero-order valence-electron chi connectivity index (χ0n) is 26.1. The minimum absolute atomic E-state index is 0. The fourth-order valence-electron chi connectivity index (χ4n) is 9.54. The van der Waals surface area contributed by atoms with Crippen molar-refractivity contribution in [2.75, 3.05) is 39.8 Å². The maximum absolute atomic E-state index is 13.6. The minimum atomic E-state index is -1.66. The number of aliphatic hydroxyl groups is 2. The third kappa shape index (κ3) is 5.91. The fraction of sp³-hybridized carbons (Fsp3) is 0.676. The molecule has 244 valence electrons. The maximum Gasteiger partial charge on any atom is 0.338 e. The van der Waals surface area contributed by atoms with Gasteiger partial charge in [-0.2, -0.15) is 0 Å². The number of carbonyl (C=O) groups is 3. The lowest BCUT2D eigenvalue weighted by Gasteiger charge is -2.60. The van der Waals surface area contributed by atoms with Crippen molar-refractivity contribution in [1.82, 2.24) is 9.80 Å². The molecular weight excluding hydrogens is 603 g/mol. The molecule has 44 heavy (non-hydrogen) atoms. The van der Waals surface area contributed by atoms with Crippen molar-refractivity contribution in [3.05, 3.63) is 47.0 Å². The summed E-state index contributed by atoms with van der Waals surface area (Å²) in [7, 11) is 2.12. The lowest BCUT2D eigenvalue weighted by atomic mass is 9.45. The number of halogens is 2. The Bertz CT molecular complexity index is 1300. The third-order valence-corrected chi connectivity index (χ3v) is 12.0. The average molecular weight is 652 g/mol. The Balaban J connectivity index is 0.00000221. The van der Waals surface area contributed by atoms with E-state index in [0.717, 1.165) is 63.1 Å². The number of piperazine rings is 1. The second kappa shape index (κ2) is 13.1. The molecule has 0 aromatic heterocycles. The molecule has 7 atom stereocenters. The molecule has 0 bridgehead atoms. The normalized spacial score (nSPS) is 36.9. The van der Waals surface area contributed by atoms with Gasteiger partial charge >= 0.3 is 5.97 Å². The van der Waals surface area contributed by atoms with Crippen LogP contribution in [0, 0.1) is 28.6 Å². The number of carbonyl (C=O) groups excluding carboxylic acids is 3. The van der Waals surface area contributed by atoms with Crippen molar-refractivity contribution in [1.29, 1.82) is 0 Å². The summed E-state index contributed by atoms with van der Waals surface area (Å²) in [6, 6.07) is 7.37. The molecule has 3 saturated carbocycles. The van der Waals surface area contributed by atoms with Gasteiger partial charge in [0.1, 0.15) is 5.60 Å². The van der Waals surface area contributed by atoms with Gasteiger partial charge in [-0.1, -0.05) is 31.6 Å². The number of hydrogen-bond donors (Lipinski definition) is 2. The molecule has 2 N–H and O–H groups in total. The second-order valence-corrected chi connectivity index (χ2v) is 14.3. The summed E-state index contributed by atoms with van der Waals surface area (Å²) in [5.74, 6) is -0.613. The first-order chi connectivity index (χ1) is 19.9. The Kier molecular flexibility index (Phi) is 10.5. The second-order valence-electron chi connectivity index (χ2n) is 14.3. The van der Waals surface area contributed by atoms with E-state index < -0.39 is 35.5 Å². The predicted octanol–water partition coefficient (Wildman–Crippen LogP) is 4.24. The van der Waals surface area contributed by atoms with E-state index in [2.05, 4.69) is 23.8 Å². The van der Waals surface area contributed by atoms with E-state index in [-0.39, 0.29) is 53.8 Å². The molecule has 1 heterocycles. The van der Waals surface area contributed by atoms with Crippen LogP contribution in [0.25, 0.3) is 0 Å². The van der Waals surface area contributed by atoms with Crippen LogP contribution in [0.1, 0.15) is 74.7 Å². The number of fused-ring (bicyclic) bond motifs is 5. The van der Waals surface area contributed by atoms with E-state index in [1.807, 2.05) is 31.2 Å². The predicted molar refractivity (Wildman–Crippen MR) is 172 cm³/mol. The number of aliphatic hydroxyl groups excluding tert-OH is 1. The molecular formula is C34H48Cl2N2O6. The van der Waals surface area contributed by atoms with Gasteiger partial charge in [-0.3, -0.25) is 14.5 Å². The van der Waals surface area contributed by atoms with E-state index in [1.54, 1.807) is 6.07 Å². The van der Waals surface area contributed by atoms with E-state index in [9.17, 15) is 24.6 Å². The van der Waals surface area contributed by atoms with Crippen LogP contribution in [0.4, 0.5) is 0 Å². The summed E-state index contributed by atoms with van der Waals surface area (Å²) >= 11 is 0. The highest BCUT2D eigenvalue weighted by Gasteiger charge is 2.68. The number of esters is 1. The van der Waals surface area contributed by atoms with Crippen LogP contribution in [0.5, 0.6) is 0 Å². The molecule has 4 fully saturated rings. The van der Waals surface area contributed by atoms with Gasteiger partial charge in [0.05, 0.1) is 11.7 Å².